The summed E-state index contributed by atoms with van der Waals surface area (Å²) in [5.74, 6) is -1.38. The van der Waals surface area contributed by atoms with Crippen LogP contribution in [0.1, 0.15) is 30.9 Å². The monoisotopic (exact) mass is 440 g/mol. The Morgan fingerprint density at radius 2 is 1.56 bits per heavy atom. The van der Waals surface area contributed by atoms with E-state index in [1.165, 1.54) is 0 Å². The second-order valence-corrected chi connectivity index (χ2v) is 8.27. The van der Waals surface area contributed by atoms with E-state index in [4.69, 9.17) is 14.6 Å². The average Bonchev–Trinajstić information content (AvgIpc) is 3.09. The Kier molecular flexibility index (Phi) is 7.48. The van der Waals surface area contributed by atoms with Crippen LogP contribution in [-0.4, -0.2) is 56.0 Å². The summed E-state index contributed by atoms with van der Waals surface area (Å²) in [7, 11) is 0. The van der Waals surface area contributed by atoms with E-state index in [9.17, 15) is 14.4 Å². The molecule has 8 heteroatoms. The summed E-state index contributed by atoms with van der Waals surface area (Å²) in [6.45, 7) is 3.55. The SMILES string of the molecule is CC(C)(CNC(=O)OCC1c2ccccc2-c2ccccc21)C(=O)NCCOCC(=O)O. The van der Waals surface area contributed by atoms with Crippen molar-refractivity contribution in [2.45, 2.75) is 19.8 Å². The molecule has 170 valence electrons. The predicted octanol–water partition coefficient (Wildman–Crippen LogP) is 2.77. The molecular formula is C24H28N2O6. The third-order valence-corrected chi connectivity index (χ3v) is 5.39. The Balaban J connectivity index is 1.47. The van der Waals surface area contributed by atoms with Crippen LogP contribution in [-0.2, 0) is 19.1 Å². The first-order valence-electron chi connectivity index (χ1n) is 10.5. The summed E-state index contributed by atoms with van der Waals surface area (Å²) in [4.78, 5) is 35.1. The van der Waals surface area contributed by atoms with Gasteiger partial charge < -0.3 is 25.2 Å². The number of rotatable bonds is 10. The highest BCUT2D eigenvalue weighted by Crippen LogP contribution is 2.44. The topological polar surface area (TPSA) is 114 Å². The Bertz CT molecular complexity index is 942. The molecular weight excluding hydrogens is 412 g/mol. The Morgan fingerprint density at radius 1 is 0.969 bits per heavy atom. The van der Waals surface area contributed by atoms with Crippen molar-refractivity contribution in [3.05, 3.63) is 59.7 Å². The van der Waals surface area contributed by atoms with Crippen LogP contribution in [0.2, 0.25) is 0 Å². The number of ether oxygens (including phenoxy) is 2. The summed E-state index contributed by atoms with van der Waals surface area (Å²) < 4.78 is 10.4. The number of aliphatic carboxylic acids is 1. The van der Waals surface area contributed by atoms with Gasteiger partial charge in [-0.05, 0) is 36.1 Å². The minimum Gasteiger partial charge on any atom is -0.480 e. The van der Waals surface area contributed by atoms with Crippen LogP contribution in [0.15, 0.2) is 48.5 Å². The number of hydrogen-bond donors (Lipinski definition) is 3. The van der Waals surface area contributed by atoms with Crippen molar-refractivity contribution >= 4 is 18.0 Å². The van der Waals surface area contributed by atoms with Gasteiger partial charge in [0.05, 0.1) is 12.0 Å². The Labute approximate surface area is 186 Å². The van der Waals surface area contributed by atoms with Crippen molar-refractivity contribution in [3.63, 3.8) is 0 Å². The van der Waals surface area contributed by atoms with Crippen LogP contribution in [0.25, 0.3) is 11.1 Å². The lowest BCUT2D eigenvalue weighted by Crippen LogP contribution is -2.45. The van der Waals surface area contributed by atoms with E-state index in [0.29, 0.717) is 0 Å². The smallest absolute Gasteiger partial charge is 0.407 e. The predicted molar refractivity (Wildman–Crippen MR) is 118 cm³/mol. The summed E-state index contributed by atoms with van der Waals surface area (Å²) in [6.07, 6.45) is -0.586. The zero-order valence-corrected chi connectivity index (χ0v) is 18.2. The van der Waals surface area contributed by atoms with Gasteiger partial charge in [-0.2, -0.15) is 0 Å². The quantitative estimate of drug-likeness (QED) is 0.490. The molecule has 0 radical (unpaired) electrons. The molecule has 0 saturated heterocycles. The maximum absolute atomic E-state index is 12.3. The Morgan fingerprint density at radius 3 is 2.16 bits per heavy atom. The van der Waals surface area contributed by atoms with Crippen molar-refractivity contribution in [1.82, 2.24) is 10.6 Å². The highest BCUT2D eigenvalue weighted by Gasteiger charge is 2.30. The number of alkyl carbamates (subject to hydrolysis) is 1. The molecule has 1 aliphatic carbocycles. The number of hydrogen-bond acceptors (Lipinski definition) is 5. The van der Waals surface area contributed by atoms with E-state index < -0.39 is 24.1 Å². The van der Waals surface area contributed by atoms with Gasteiger partial charge >= 0.3 is 12.1 Å². The fourth-order valence-electron chi connectivity index (χ4n) is 3.66. The summed E-state index contributed by atoms with van der Waals surface area (Å²) in [6, 6.07) is 16.2. The number of carboxylic acid groups (broad SMARTS) is 1. The molecule has 8 nitrogen and oxygen atoms in total. The van der Waals surface area contributed by atoms with E-state index >= 15 is 0 Å². The van der Waals surface area contributed by atoms with Gasteiger partial charge in [0.25, 0.3) is 0 Å². The molecule has 3 N–H and O–H groups in total. The van der Waals surface area contributed by atoms with Gasteiger partial charge in [-0.15, -0.1) is 0 Å². The first kappa shape index (κ1) is 23.3. The molecule has 32 heavy (non-hydrogen) atoms. The van der Waals surface area contributed by atoms with Crippen LogP contribution < -0.4 is 10.6 Å². The lowest BCUT2D eigenvalue weighted by atomic mass is 9.92. The highest BCUT2D eigenvalue weighted by atomic mass is 16.5. The van der Waals surface area contributed by atoms with Crippen molar-refractivity contribution in [2.75, 3.05) is 32.9 Å². The lowest BCUT2D eigenvalue weighted by molar-refractivity contribution is -0.142. The summed E-state index contributed by atoms with van der Waals surface area (Å²) >= 11 is 0. The molecule has 0 aromatic heterocycles. The fourth-order valence-corrected chi connectivity index (χ4v) is 3.66. The van der Waals surface area contributed by atoms with E-state index in [0.717, 1.165) is 22.3 Å². The average molecular weight is 440 g/mol. The number of benzene rings is 2. The number of carbonyl (C=O) groups excluding carboxylic acids is 2. The molecule has 0 atom stereocenters. The maximum Gasteiger partial charge on any atom is 0.407 e. The molecule has 1 aliphatic rings. The number of fused-ring (bicyclic) bond motifs is 3. The Hall–Kier alpha value is -3.39. The third kappa shape index (κ3) is 5.64. The van der Waals surface area contributed by atoms with Crippen LogP contribution >= 0.6 is 0 Å². The number of carbonyl (C=O) groups is 3. The molecule has 0 bridgehead atoms. The maximum atomic E-state index is 12.3. The number of nitrogens with one attached hydrogen (secondary N) is 2. The molecule has 3 rings (SSSR count). The van der Waals surface area contributed by atoms with E-state index in [1.807, 2.05) is 24.3 Å². The fraction of sp³-hybridized carbons (Fsp3) is 0.375. The van der Waals surface area contributed by atoms with Crippen LogP contribution in [0, 0.1) is 5.41 Å². The first-order valence-corrected chi connectivity index (χ1v) is 10.5. The zero-order valence-electron chi connectivity index (χ0n) is 18.2. The summed E-state index contributed by atoms with van der Waals surface area (Å²) in [5, 5.41) is 13.9. The van der Waals surface area contributed by atoms with Gasteiger partial charge in [-0.25, -0.2) is 9.59 Å². The third-order valence-electron chi connectivity index (χ3n) is 5.39. The molecule has 0 unspecified atom stereocenters. The van der Waals surface area contributed by atoms with Gasteiger partial charge in [0.15, 0.2) is 0 Å². The van der Waals surface area contributed by atoms with Gasteiger partial charge in [0, 0.05) is 19.0 Å². The lowest BCUT2D eigenvalue weighted by Gasteiger charge is -2.24. The molecule has 2 aromatic carbocycles. The molecule has 0 aliphatic heterocycles. The normalized spacial score (nSPS) is 12.6. The van der Waals surface area contributed by atoms with E-state index in [1.54, 1.807) is 13.8 Å². The van der Waals surface area contributed by atoms with Crippen LogP contribution in [0.4, 0.5) is 4.79 Å². The van der Waals surface area contributed by atoms with Gasteiger partial charge in [0.1, 0.15) is 13.2 Å². The van der Waals surface area contributed by atoms with E-state index in [-0.39, 0.29) is 38.1 Å². The number of amides is 2. The molecule has 0 fully saturated rings. The molecule has 2 aromatic rings. The second-order valence-electron chi connectivity index (χ2n) is 8.27. The molecule has 0 saturated carbocycles. The van der Waals surface area contributed by atoms with Crippen molar-refractivity contribution < 1.29 is 29.0 Å². The largest absolute Gasteiger partial charge is 0.480 e. The van der Waals surface area contributed by atoms with Gasteiger partial charge in [-0.3, -0.25) is 4.79 Å². The molecule has 0 spiro atoms. The first-order chi connectivity index (χ1) is 15.3. The minimum atomic E-state index is -1.07. The van der Waals surface area contributed by atoms with Crippen LogP contribution in [0.5, 0.6) is 0 Å². The number of carboxylic acids is 1. The summed E-state index contributed by atoms with van der Waals surface area (Å²) in [5.41, 5.74) is 3.69. The highest BCUT2D eigenvalue weighted by molar-refractivity contribution is 5.83. The van der Waals surface area contributed by atoms with Crippen LogP contribution in [0.3, 0.4) is 0 Å². The molecule has 2 amide bonds. The zero-order chi connectivity index (χ0) is 23.1. The second kappa shape index (κ2) is 10.3. The van der Waals surface area contributed by atoms with Crippen molar-refractivity contribution in [2.24, 2.45) is 5.41 Å². The van der Waals surface area contributed by atoms with Crippen molar-refractivity contribution in [3.8, 4) is 11.1 Å². The van der Waals surface area contributed by atoms with Gasteiger partial charge in [-0.1, -0.05) is 48.5 Å². The standard InChI is InChI=1S/C24H28N2O6/c1-24(2,22(29)25-11-12-31-14-21(27)28)15-26-23(30)32-13-20-18-9-5-3-7-16(18)17-8-4-6-10-19(17)20/h3-10,20H,11-15H2,1-2H3,(H,25,29)(H,26,30)(H,27,28). The van der Waals surface area contributed by atoms with Gasteiger partial charge in [0.2, 0.25) is 5.91 Å². The van der Waals surface area contributed by atoms with Crippen molar-refractivity contribution in [1.29, 1.82) is 0 Å². The van der Waals surface area contributed by atoms with E-state index in [2.05, 4.69) is 34.9 Å². The minimum absolute atomic E-state index is 0.0322. The molecule has 0 heterocycles.